The Morgan fingerprint density at radius 3 is 2.07 bits per heavy atom. The molecule has 0 aromatic heterocycles. The normalized spacial score (nSPS) is 11.4. The van der Waals surface area contributed by atoms with Crippen molar-refractivity contribution in [2.75, 3.05) is 10.0 Å². The van der Waals surface area contributed by atoms with Gasteiger partial charge in [0.05, 0.1) is 4.90 Å². The third-order valence-electron chi connectivity index (χ3n) is 4.20. The third kappa shape index (κ3) is 5.78. The fourth-order valence-electron chi connectivity index (χ4n) is 2.89. The Hall–Kier alpha value is -3.45. The summed E-state index contributed by atoms with van der Waals surface area (Å²) in [4.78, 5) is 12.1. The maximum Gasteiger partial charge on any atom is 0.261 e. The first-order valence-electron chi connectivity index (χ1n) is 9.17. The van der Waals surface area contributed by atoms with E-state index >= 15 is 0 Å². The van der Waals surface area contributed by atoms with Gasteiger partial charge in [0, 0.05) is 17.5 Å². The Bertz CT molecular complexity index is 1170. The molecular formula is C23H21FN2O3S. The summed E-state index contributed by atoms with van der Waals surface area (Å²) < 4.78 is 40.7. The van der Waals surface area contributed by atoms with Crippen molar-refractivity contribution in [2.24, 2.45) is 0 Å². The standard InChI is InChI=1S/C23H21FN2O3S/c1-16-13-17(2)15-21(14-16)26-30(28,29)22-10-8-20(9-11-22)25-23(27)12-5-18-3-6-19(24)7-4-18/h3-15,26H,1-2H3,(H,25,27). The molecule has 0 aliphatic rings. The largest absolute Gasteiger partial charge is 0.323 e. The number of hydrogen-bond acceptors (Lipinski definition) is 3. The van der Waals surface area contributed by atoms with E-state index in [-0.39, 0.29) is 16.6 Å². The van der Waals surface area contributed by atoms with Gasteiger partial charge in [-0.25, -0.2) is 12.8 Å². The van der Waals surface area contributed by atoms with Crippen LogP contribution in [0.1, 0.15) is 16.7 Å². The Morgan fingerprint density at radius 2 is 1.47 bits per heavy atom. The van der Waals surface area contributed by atoms with Crippen LogP contribution in [0.2, 0.25) is 0 Å². The van der Waals surface area contributed by atoms with Crippen LogP contribution in [0.15, 0.2) is 77.7 Å². The number of halogens is 1. The first kappa shape index (κ1) is 21.3. The molecule has 5 nitrogen and oxygen atoms in total. The zero-order chi connectivity index (χ0) is 21.7. The van der Waals surface area contributed by atoms with Crippen LogP contribution < -0.4 is 10.0 Å². The number of anilines is 2. The number of aryl methyl sites for hydroxylation is 2. The molecule has 0 saturated carbocycles. The minimum Gasteiger partial charge on any atom is -0.323 e. The lowest BCUT2D eigenvalue weighted by atomic mass is 10.1. The molecule has 0 heterocycles. The highest BCUT2D eigenvalue weighted by molar-refractivity contribution is 7.92. The summed E-state index contributed by atoms with van der Waals surface area (Å²) in [6.45, 7) is 3.79. The molecule has 1 amide bonds. The van der Waals surface area contributed by atoms with Crippen LogP contribution in [0.3, 0.4) is 0 Å². The molecule has 3 aromatic rings. The van der Waals surface area contributed by atoms with Crippen molar-refractivity contribution in [3.63, 3.8) is 0 Å². The molecule has 0 atom stereocenters. The molecule has 0 aliphatic carbocycles. The Kier molecular flexibility index (Phi) is 6.32. The second kappa shape index (κ2) is 8.92. The van der Waals surface area contributed by atoms with E-state index < -0.39 is 10.0 Å². The van der Waals surface area contributed by atoms with Gasteiger partial charge in [0.1, 0.15) is 5.82 Å². The van der Waals surface area contributed by atoms with Gasteiger partial charge in [0.2, 0.25) is 5.91 Å². The Balaban J connectivity index is 1.66. The molecule has 0 radical (unpaired) electrons. The molecule has 3 aromatic carbocycles. The van der Waals surface area contributed by atoms with Crippen molar-refractivity contribution in [1.82, 2.24) is 0 Å². The second-order valence-electron chi connectivity index (χ2n) is 6.88. The maximum atomic E-state index is 12.9. The number of benzene rings is 3. The van der Waals surface area contributed by atoms with E-state index in [9.17, 15) is 17.6 Å². The van der Waals surface area contributed by atoms with Crippen LogP contribution in [-0.4, -0.2) is 14.3 Å². The van der Waals surface area contributed by atoms with Gasteiger partial charge in [-0.15, -0.1) is 0 Å². The fraction of sp³-hybridized carbons (Fsp3) is 0.0870. The second-order valence-corrected chi connectivity index (χ2v) is 8.56. The SMILES string of the molecule is Cc1cc(C)cc(NS(=O)(=O)c2ccc(NC(=O)C=Cc3ccc(F)cc3)cc2)c1. The number of carbonyl (C=O) groups excluding carboxylic acids is 1. The lowest BCUT2D eigenvalue weighted by molar-refractivity contribution is -0.111. The highest BCUT2D eigenvalue weighted by Crippen LogP contribution is 2.20. The maximum absolute atomic E-state index is 12.9. The molecule has 2 N–H and O–H groups in total. The van der Waals surface area contributed by atoms with Crippen LogP contribution >= 0.6 is 0 Å². The summed E-state index contributed by atoms with van der Waals surface area (Å²) >= 11 is 0. The summed E-state index contributed by atoms with van der Waals surface area (Å²) in [5.74, 6) is -0.734. The lowest BCUT2D eigenvalue weighted by Gasteiger charge is -2.10. The number of hydrogen-bond donors (Lipinski definition) is 2. The quantitative estimate of drug-likeness (QED) is 0.553. The predicted octanol–water partition coefficient (Wildman–Crippen LogP) is 4.90. The highest BCUT2D eigenvalue weighted by Gasteiger charge is 2.14. The number of amides is 1. The van der Waals surface area contributed by atoms with Gasteiger partial charge < -0.3 is 5.32 Å². The van der Waals surface area contributed by atoms with Crippen molar-refractivity contribution in [1.29, 1.82) is 0 Å². The first-order valence-corrected chi connectivity index (χ1v) is 10.7. The van der Waals surface area contributed by atoms with Crippen LogP contribution in [-0.2, 0) is 14.8 Å². The monoisotopic (exact) mass is 424 g/mol. The minimum atomic E-state index is -3.75. The number of nitrogens with one attached hydrogen (secondary N) is 2. The number of sulfonamides is 1. The molecule has 0 unspecified atom stereocenters. The summed E-state index contributed by atoms with van der Waals surface area (Å²) in [5.41, 5.74) is 3.55. The molecular weight excluding hydrogens is 403 g/mol. The van der Waals surface area contributed by atoms with Crippen molar-refractivity contribution in [2.45, 2.75) is 18.7 Å². The molecule has 0 saturated heterocycles. The molecule has 7 heteroatoms. The fourth-order valence-corrected chi connectivity index (χ4v) is 3.94. The molecule has 0 aliphatic heterocycles. The van der Waals surface area contributed by atoms with Crippen molar-refractivity contribution in [3.05, 3.63) is 95.3 Å². The topological polar surface area (TPSA) is 75.3 Å². The molecule has 0 bridgehead atoms. The smallest absolute Gasteiger partial charge is 0.261 e. The summed E-state index contributed by atoms with van der Waals surface area (Å²) in [7, 11) is -3.75. The predicted molar refractivity (Wildman–Crippen MR) is 117 cm³/mol. The van der Waals surface area contributed by atoms with Crippen molar-refractivity contribution >= 4 is 33.4 Å². The number of rotatable bonds is 6. The van der Waals surface area contributed by atoms with Gasteiger partial charge in [-0.2, -0.15) is 0 Å². The van der Waals surface area contributed by atoms with Crippen LogP contribution in [0, 0.1) is 19.7 Å². The first-order chi connectivity index (χ1) is 14.2. The highest BCUT2D eigenvalue weighted by atomic mass is 32.2. The summed E-state index contributed by atoms with van der Waals surface area (Å²) in [5, 5.41) is 2.65. The van der Waals surface area contributed by atoms with E-state index in [1.807, 2.05) is 19.9 Å². The molecule has 30 heavy (non-hydrogen) atoms. The van der Waals surface area contributed by atoms with Gasteiger partial charge in [-0.05, 0) is 85.1 Å². The summed E-state index contributed by atoms with van der Waals surface area (Å²) in [6.07, 6.45) is 2.88. The molecule has 3 rings (SSSR count). The molecule has 0 fully saturated rings. The van der Waals surface area contributed by atoms with Crippen LogP contribution in [0.25, 0.3) is 6.08 Å². The van der Waals surface area contributed by atoms with E-state index in [0.717, 1.165) is 11.1 Å². The van der Waals surface area contributed by atoms with Gasteiger partial charge in [0.15, 0.2) is 0 Å². The van der Waals surface area contributed by atoms with Gasteiger partial charge in [-0.3, -0.25) is 9.52 Å². The van der Waals surface area contributed by atoms with E-state index in [4.69, 9.17) is 0 Å². The zero-order valence-electron chi connectivity index (χ0n) is 16.5. The van der Waals surface area contributed by atoms with E-state index in [1.54, 1.807) is 30.3 Å². The van der Waals surface area contributed by atoms with Gasteiger partial charge in [-0.1, -0.05) is 18.2 Å². The van der Waals surface area contributed by atoms with Gasteiger partial charge >= 0.3 is 0 Å². The van der Waals surface area contributed by atoms with E-state index in [2.05, 4.69) is 10.0 Å². The average molecular weight is 424 g/mol. The zero-order valence-corrected chi connectivity index (χ0v) is 17.3. The Labute approximate surface area is 175 Å². The Morgan fingerprint density at radius 1 is 0.867 bits per heavy atom. The van der Waals surface area contributed by atoms with Gasteiger partial charge in [0.25, 0.3) is 10.0 Å². The average Bonchev–Trinajstić information content (AvgIpc) is 2.67. The van der Waals surface area contributed by atoms with Crippen LogP contribution in [0.4, 0.5) is 15.8 Å². The number of carbonyl (C=O) groups is 1. The van der Waals surface area contributed by atoms with E-state index in [0.29, 0.717) is 16.9 Å². The minimum absolute atomic E-state index is 0.0847. The van der Waals surface area contributed by atoms with Crippen LogP contribution in [0.5, 0.6) is 0 Å². The molecule has 154 valence electrons. The summed E-state index contributed by atoms with van der Waals surface area (Å²) in [6, 6.07) is 17.1. The van der Waals surface area contributed by atoms with Crippen molar-refractivity contribution in [3.8, 4) is 0 Å². The third-order valence-corrected chi connectivity index (χ3v) is 5.60. The molecule has 0 spiro atoms. The van der Waals surface area contributed by atoms with E-state index in [1.165, 1.54) is 42.5 Å². The lowest BCUT2D eigenvalue weighted by Crippen LogP contribution is -2.13. The van der Waals surface area contributed by atoms with Crippen molar-refractivity contribution < 1.29 is 17.6 Å².